The molecule has 0 spiro atoms. The maximum absolute atomic E-state index is 10.5. The van der Waals surface area contributed by atoms with Crippen LogP contribution in [0, 0.1) is 0 Å². The van der Waals surface area contributed by atoms with Crippen molar-refractivity contribution in [1.29, 1.82) is 0 Å². The molecule has 0 radical (unpaired) electrons. The van der Waals surface area contributed by atoms with E-state index in [2.05, 4.69) is 4.99 Å². The summed E-state index contributed by atoms with van der Waals surface area (Å²) in [6, 6.07) is 6.74. The molecule has 0 saturated carbocycles. The van der Waals surface area contributed by atoms with Gasteiger partial charge in [-0.1, -0.05) is 6.07 Å². The van der Waals surface area contributed by atoms with Gasteiger partial charge in [-0.25, -0.2) is 4.79 Å². The summed E-state index contributed by atoms with van der Waals surface area (Å²) in [6.45, 7) is 1.32. The first-order chi connectivity index (χ1) is 6.72. The maximum atomic E-state index is 10.5. The highest BCUT2D eigenvalue weighted by atomic mass is 32.2. The van der Waals surface area contributed by atoms with Crippen molar-refractivity contribution in [2.45, 2.75) is 11.8 Å². The van der Waals surface area contributed by atoms with Crippen LogP contribution in [0.5, 0.6) is 0 Å². The molecule has 0 aliphatic heterocycles. The SMILES string of the molecule is CC(=O)OSc1cccc(N=C=O)c1. The zero-order valence-electron chi connectivity index (χ0n) is 7.39. The number of carbonyl (C=O) groups excluding carboxylic acids is 2. The van der Waals surface area contributed by atoms with Crippen molar-refractivity contribution in [2.24, 2.45) is 4.99 Å². The Kier molecular flexibility index (Phi) is 3.91. The summed E-state index contributed by atoms with van der Waals surface area (Å²) in [7, 11) is 0. The maximum Gasteiger partial charge on any atom is 0.315 e. The van der Waals surface area contributed by atoms with Gasteiger partial charge >= 0.3 is 5.97 Å². The van der Waals surface area contributed by atoms with Crippen LogP contribution in [0.15, 0.2) is 34.2 Å². The van der Waals surface area contributed by atoms with Gasteiger partial charge in [0.2, 0.25) is 6.08 Å². The summed E-state index contributed by atoms with van der Waals surface area (Å²) >= 11 is 0.929. The molecule has 1 rings (SSSR count). The van der Waals surface area contributed by atoms with Crippen LogP contribution in [0.2, 0.25) is 0 Å². The molecule has 0 aliphatic carbocycles. The van der Waals surface area contributed by atoms with E-state index in [1.165, 1.54) is 13.0 Å². The monoisotopic (exact) mass is 209 g/mol. The van der Waals surface area contributed by atoms with Crippen molar-refractivity contribution >= 4 is 29.8 Å². The summed E-state index contributed by atoms with van der Waals surface area (Å²) < 4.78 is 4.70. The Hall–Kier alpha value is -1.58. The first-order valence-electron chi connectivity index (χ1n) is 3.75. The average Bonchev–Trinajstić information content (AvgIpc) is 2.16. The largest absolute Gasteiger partial charge is 0.386 e. The number of isocyanates is 1. The van der Waals surface area contributed by atoms with Gasteiger partial charge in [-0.3, -0.25) is 4.79 Å². The molecule has 1 aromatic carbocycles. The van der Waals surface area contributed by atoms with Crippen LogP contribution >= 0.6 is 12.0 Å². The number of carbonyl (C=O) groups is 1. The zero-order chi connectivity index (χ0) is 10.4. The van der Waals surface area contributed by atoms with E-state index in [-0.39, 0.29) is 5.97 Å². The topological polar surface area (TPSA) is 55.7 Å². The number of hydrogen-bond acceptors (Lipinski definition) is 5. The van der Waals surface area contributed by atoms with Crippen LogP contribution in [0.25, 0.3) is 0 Å². The van der Waals surface area contributed by atoms with Gasteiger partial charge in [0, 0.05) is 6.92 Å². The Morgan fingerprint density at radius 3 is 3.00 bits per heavy atom. The van der Waals surface area contributed by atoms with Crippen molar-refractivity contribution in [3.63, 3.8) is 0 Å². The summed E-state index contributed by atoms with van der Waals surface area (Å²) in [5.74, 6) is -0.376. The normalized spacial score (nSPS) is 8.93. The van der Waals surface area contributed by atoms with Crippen molar-refractivity contribution in [2.75, 3.05) is 0 Å². The molecule has 14 heavy (non-hydrogen) atoms. The quantitative estimate of drug-likeness (QED) is 0.435. The lowest BCUT2D eigenvalue weighted by atomic mass is 10.3. The third-order valence-corrected chi connectivity index (χ3v) is 2.01. The fourth-order valence-corrected chi connectivity index (χ4v) is 1.28. The molecule has 1 aromatic rings. The molecule has 0 N–H and O–H groups in total. The minimum Gasteiger partial charge on any atom is -0.386 e. The van der Waals surface area contributed by atoms with E-state index < -0.39 is 0 Å². The van der Waals surface area contributed by atoms with Crippen molar-refractivity contribution in [3.05, 3.63) is 24.3 Å². The van der Waals surface area contributed by atoms with E-state index in [9.17, 15) is 9.59 Å². The van der Waals surface area contributed by atoms with Crippen LogP contribution in [-0.4, -0.2) is 12.0 Å². The van der Waals surface area contributed by atoms with Crippen molar-refractivity contribution < 1.29 is 13.8 Å². The van der Waals surface area contributed by atoms with Crippen LogP contribution in [0.3, 0.4) is 0 Å². The number of rotatable bonds is 3. The highest BCUT2D eigenvalue weighted by Gasteiger charge is 1.99. The molecule has 0 atom stereocenters. The van der Waals surface area contributed by atoms with Gasteiger partial charge in [0.15, 0.2) is 0 Å². The van der Waals surface area contributed by atoms with Gasteiger partial charge in [0.25, 0.3) is 0 Å². The molecule has 0 saturated heterocycles. The van der Waals surface area contributed by atoms with E-state index in [0.717, 1.165) is 12.0 Å². The molecule has 4 nitrogen and oxygen atoms in total. The minimum absolute atomic E-state index is 0.376. The molecule has 0 aromatic heterocycles. The predicted molar refractivity (Wildman–Crippen MR) is 51.8 cm³/mol. The first kappa shape index (κ1) is 10.5. The van der Waals surface area contributed by atoms with Crippen LogP contribution in [0.1, 0.15) is 6.92 Å². The molecule has 0 heterocycles. The molecule has 5 heteroatoms. The number of nitrogens with zero attached hydrogens (tertiary/aromatic N) is 1. The van der Waals surface area contributed by atoms with Gasteiger partial charge in [-0.15, -0.1) is 0 Å². The fourth-order valence-electron chi connectivity index (χ4n) is 0.764. The number of aliphatic imine (C=N–C) groups is 1. The second-order valence-corrected chi connectivity index (χ2v) is 3.16. The molecule has 0 amide bonds. The van der Waals surface area contributed by atoms with Crippen LogP contribution < -0.4 is 0 Å². The average molecular weight is 209 g/mol. The number of hydrogen-bond donors (Lipinski definition) is 0. The second kappa shape index (κ2) is 5.21. The van der Waals surface area contributed by atoms with Crippen LogP contribution in [0.4, 0.5) is 5.69 Å². The Labute approximate surface area is 85.2 Å². The molecule has 0 fully saturated rings. The first-order valence-corrected chi connectivity index (χ1v) is 4.49. The molecular weight excluding hydrogens is 202 g/mol. The Bertz CT molecular complexity index is 385. The molecule has 72 valence electrons. The molecule has 0 unspecified atom stereocenters. The number of benzene rings is 1. The fraction of sp³-hybridized carbons (Fsp3) is 0.111. The van der Waals surface area contributed by atoms with E-state index in [1.54, 1.807) is 24.3 Å². The van der Waals surface area contributed by atoms with Crippen molar-refractivity contribution in [1.82, 2.24) is 0 Å². The highest BCUT2D eigenvalue weighted by Crippen LogP contribution is 2.23. The summed E-state index contributed by atoms with van der Waals surface area (Å²) in [6.07, 6.45) is 1.43. The van der Waals surface area contributed by atoms with Crippen LogP contribution in [-0.2, 0) is 13.8 Å². The van der Waals surface area contributed by atoms with Gasteiger partial charge in [-0.05, 0) is 18.2 Å². The molecule has 0 bridgehead atoms. The van der Waals surface area contributed by atoms with E-state index >= 15 is 0 Å². The van der Waals surface area contributed by atoms with Gasteiger partial charge in [0.05, 0.1) is 22.6 Å². The lowest BCUT2D eigenvalue weighted by Gasteiger charge is -1.99. The van der Waals surface area contributed by atoms with Crippen molar-refractivity contribution in [3.8, 4) is 0 Å². The van der Waals surface area contributed by atoms with E-state index in [1.807, 2.05) is 0 Å². The zero-order valence-corrected chi connectivity index (χ0v) is 8.21. The lowest BCUT2D eigenvalue weighted by Crippen LogP contribution is -1.88. The van der Waals surface area contributed by atoms with E-state index in [0.29, 0.717) is 10.6 Å². The highest BCUT2D eigenvalue weighted by molar-refractivity contribution is 7.95. The lowest BCUT2D eigenvalue weighted by molar-refractivity contribution is -0.130. The van der Waals surface area contributed by atoms with E-state index in [4.69, 9.17) is 4.18 Å². The molecule has 0 aliphatic rings. The Morgan fingerprint density at radius 2 is 2.36 bits per heavy atom. The second-order valence-electron chi connectivity index (χ2n) is 2.36. The third kappa shape index (κ3) is 3.43. The minimum atomic E-state index is -0.376. The Morgan fingerprint density at radius 1 is 1.57 bits per heavy atom. The van der Waals surface area contributed by atoms with Gasteiger partial charge in [0.1, 0.15) is 0 Å². The summed E-state index contributed by atoms with van der Waals surface area (Å²) in [4.78, 5) is 24.6. The van der Waals surface area contributed by atoms with Gasteiger partial charge in [-0.2, -0.15) is 4.99 Å². The predicted octanol–water partition coefficient (Wildman–Crippen LogP) is 2.22. The third-order valence-electron chi connectivity index (χ3n) is 1.25. The smallest absolute Gasteiger partial charge is 0.315 e. The standard InChI is InChI=1S/C9H7NO3S/c1-7(12)13-14-9-4-2-3-8(5-9)10-6-11/h2-5H,1H3. The Balaban J connectivity index is 2.73. The van der Waals surface area contributed by atoms with Gasteiger partial charge < -0.3 is 4.18 Å². The molecular formula is C9H7NO3S. The summed E-state index contributed by atoms with van der Waals surface area (Å²) in [5, 5.41) is 0. The summed E-state index contributed by atoms with van der Waals surface area (Å²) in [5.41, 5.74) is 0.483.